The number of hydrogen-bond acceptors (Lipinski definition) is 1. The molecule has 1 aliphatic rings. The van der Waals surface area contributed by atoms with Crippen molar-refractivity contribution in [1.29, 1.82) is 0 Å². The van der Waals surface area contributed by atoms with Crippen LogP contribution in [-0.4, -0.2) is 6.61 Å². The first-order valence-corrected chi connectivity index (χ1v) is 4.00. The molecule has 0 saturated heterocycles. The van der Waals surface area contributed by atoms with Gasteiger partial charge in [-0.05, 0) is 12.1 Å². The summed E-state index contributed by atoms with van der Waals surface area (Å²) in [6.45, 7) is 7.67. The number of ether oxygens (including phenoxy) is 1. The van der Waals surface area contributed by atoms with E-state index in [-0.39, 0.29) is 6.04 Å². The molecule has 1 aromatic rings. The second-order valence-electron chi connectivity index (χ2n) is 2.82. The third-order valence-corrected chi connectivity index (χ3v) is 2.08. The molecule has 0 N–H and O–H groups in total. The van der Waals surface area contributed by atoms with Crippen LogP contribution in [0.4, 0.5) is 0 Å². The third kappa shape index (κ3) is 1.04. The molecule has 60 valence electrons. The average Bonchev–Trinajstić information content (AvgIpc) is 2.17. The predicted octanol–water partition coefficient (Wildman–Crippen LogP) is 2.43. The van der Waals surface area contributed by atoms with Gasteiger partial charge in [-0.3, -0.25) is 0 Å². The van der Waals surface area contributed by atoms with Crippen molar-refractivity contribution in [3.8, 4) is 5.75 Å². The fourth-order valence-electron chi connectivity index (χ4n) is 1.46. The van der Waals surface area contributed by atoms with E-state index >= 15 is 0 Å². The van der Waals surface area contributed by atoms with Gasteiger partial charge in [0.05, 0.1) is 18.6 Å². The van der Waals surface area contributed by atoms with Gasteiger partial charge in [-0.25, -0.2) is 6.57 Å². The summed E-state index contributed by atoms with van der Waals surface area (Å²) in [4.78, 5) is 3.56. The van der Waals surface area contributed by atoms with Gasteiger partial charge in [0.15, 0.2) is 0 Å². The number of rotatable bonds is 0. The molecule has 0 aromatic heterocycles. The maximum atomic E-state index is 7.00. The summed E-state index contributed by atoms with van der Waals surface area (Å²) < 4.78 is 5.41. The lowest BCUT2D eigenvalue weighted by Gasteiger charge is -2.17. The van der Waals surface area contributed by atoms with E-state index in [1.165, 1.54) is 0 Å². The lowest BCUT2D eigenvalue weighted by atomic mass is 10.0. The van der Waals surface area contributed by atoms with Crippen LogP contribution in [0.15, 0.2) is 24.3 Å². The van der Waals surface area contributed by atoms with Crippen molar-refractivity contribution < 1.29 is 4.74 Å². The molecule has 0 amide bonds. The van der Waals surface area contributed by atoms with Gasteiger partial charge in [0.1, 0.15) is 5.75 Å². The maximum absolute atomic E-state index is 7.00. The van der Waals surface area contributed by atoms with Crippen molar-refractivity contribution in [2.45, 2.75) is 12.5 Å². The van der Waals surface area contributed by atoms with Crippen molar-refractivity contribution >= 4 is 0 Å². The number of fused-ring (bicyclic) bond motifs is 1. The van der Waals surface area contributed by atoms with E-state index in [4.69, 9.17) is 11.3 Å². The van der Waals surface area contributed by atoms with Crippen LogP contribution in [0.1, 0.15) is 18.0 Å². The Labute approximate surface area is 71.6 Å². The zero-order valence-electron chi connectivity index (χ0n) is 6.66. The monoisotopic (exact) mass is 159 g/mol. The minimum Gasteiger partial charge on any atom is -0.493 e. The number of nitrogens with zero attached hydrogens (tertiary/aromatic N) is 1. The highest BCUT2D eigenvalue weighted by molar-refractivity contribution is 5.38. The molecule has 1 aliphatic heterocycles. The molecule has 0 aliphatic carbocycles. The minimum atomic E-state index is 0.00921. The van der Waals surface area contributed by atoms with E-state index in [9.17, 15) is 0 Å². The Hall–Kier alpha value is -1.49. The highest BCUT2D eigenvalue weighted by Gasteiger charge is 2.24. The fourth-order valence-corrected chi connectivity index (χ4v) is 1.46. The molecule has 0 saturated carbocycles. The van der Waals surface area contributed by atoms with Crippen molar-refractivity contribution in [1.82, 2.24) is 0 Å². The number of benzene rings is 1. The zero-order chi connectivity index (χ0) is 8.39. The van der Waals surface area contributed by atoms with E-state index in [0.29, 0.717) is 6.61 Å². The molecule has 0 fully saturated rings. The van der Waals surface area contributed by atoms with Crippen LogP contribution < -0.4 is 4.74 Å². The van der Waals surface area contributed by atoms with Crippen molar-refractivity contribution in [3.63, 3.8) is 0 Å². The van der Waals surface area contributed by atoms with Gasteiger partial charge in [0.2, 0.25) is 0 Å². The molecule has 2 nitrogen and oxygen atoms in total. The smallest absolute Gasteiger partial charge is 0.255 e. The van der Waals surface area contributed by atoms with Gasteiger partial charge < -0.3 is 9.58 Å². The zero-order valence-corrected chi connectivity index (χ0v) is 6.66. The van der Waals surface area contributed by atoms with E-state index < -0.39 is 0 Å². The van der Waals surface area contributed by atoms with Crippen molar-refractivity contribution in [2.24, 2.45) is 0 Å². The van der Waals surface area contributed by atoms with Gasteiger partial charge >= 0.3 is 0 Å². The van der Waals surface area contributed by atoms with Crippen LogP contribution in [-0.2, 0) is 0 Å². The van der Waals surface area contributed by atoms with Crippen molar-refractivity contribution in [3.05, 3.63) is 41.2 Å². The van der Waals surface area contributed by atoms with Crippen LogP contribution in [0.25, 0.3) is 4.85 Å². The molecule has 1 aromatic carbocycles. The predicted molar refractivity (Wildman–Crippen MR) is 45.9 cm³/mol. The Kier molecular flexibility index (Phi) is 1.71. The molecule has 12 heavy (non-hydrogen) atoms. The summed E-state index contributed by atoms with van der Waals surface area (Å²) in [5.74, 6) is 0.879. The Balaban J connectivity index is 2.45. The first kappa shape index (κ1) is 7.17. The van der Waals surface area contributed by atoms with Crippen LogP contribution >= 0.6 is 0 Å². The summed E-state index contributed by atoms with van der Waals surface area (Å²) in [5.41, 5.74) is 1.04. The standard InChI is InChI=1S/C10H9NO/c1-11-9-6-7-12-10-5-3-2-4-8(9)10/h2-5,9H,6-7H2. The Morgan fingerprint density at radius 1 is 1.42 bits per heavy atom. The Morgan fingerprint density at radius 2 is 2.25 bits per heavy atom. The highest BCUT2D eigenvalue weighted by atomic mass is 16.5. The van der Waals surface area contributed by atoms with E-state index in [1.54, 1.807) is 0 Å². The summed E-state index contributed by atoms with van der Waals surface area (Å²) in [6.07, 6.45) is 0.820. The summed E-state index contributed by atoms with van der Waals surface area (Å²) >= 11 is 0. The van der Waals surface area contributed by atoms with Crippen LogP contribution in [0.2, 0.25) is 0 Å². The van der Waals surface area contributed by atoms with Crippen LogP contribution in [0.3, 0.4) is 0 Å². The Morgan fingerprint density at radius 3 is 3.08 bits per heavy atom. The summed E-state index contributed by atoms with van der Waals surface area (Å²) in [6, 6.07) is 7.79. The highest BCUT2D eigenvalue weighted by Crippen LogP contribution is 2.33. The normalized spacial score (nSPS) is 20.4. The molecule has 2 rings (SSSR count). The second-order valence-corrected chi connectivity index (χ2v) is 2.82. The molecule has 0 radical (unpaired) electrons. The van der Waals surface area contributed by atoms with E-state index in [0.717, 1.165) is 17.7 Å². The van der Waals surface area contributed by atoms with Gasteiger partial charge in [-0.15, -0.1) is 0 Å². The topological polar surface area (TPSA) is 13.6 Å². The number of para-hydroxylation sites is 1. The van der Waals surface area contributed by atoms with Gasteiger partial charge in [0, 0.05) is 0 Å². The van der Waals surface area contributed by atoms with E-state index in [2.05, 4.69) is 4.85 Å². The SMILES string of the molecule is [C-]#[N+]C1CCOc2ccccc21. The van der Waals surface area contributed by atoms with Crippen molar-refractivity contribution in [2.75, 3.05) is 6.61 Å². The molecule has 1 unspecified atom stereocenters. The Bertz CT molecular complexity index is 327. The second kappa shape index (κ2) is 2.86. The quantitative estimate of drug-likeness (QED) is 0.530. The molecule has 2 heteroatoms. The third-order valence-electron chi connectivity index (χ3n) is 2.08. The molecular weight excluding hydrogens is 150 g/mol. The molecule has 0 spiro atoms. The lowest BCUT2D eigenvalue weighted by molar-refractivity contribution is 0.278. The lowest BCUT2D eigenvalue weighted by Crippen LogP contribution is -2.11. The van der Waals surface area contributed by atoms with Crippen LogP contribution in [0, 0.1) is 6.57 Å². The maximum Gasteiger partial charge on any atom is 0.255 e. The first-order valence-electron chi connectivity index (χ1n) is 4.00. The molecule has 1 heterocycles. The average molecular weight is 159 g/mol. The van der Waals surface area contributed by atoms with Crippen LogP contribution in [0.5, 0.6) is 5.75 Å². The largest absolute Gasteiger partial charge is 0.493 e. The summed E-state index contributed by atoms with van der Waals surface area (Å²) in [5, 5.41) is 0. The van der Waals surface area contributed by atoms with Gasteiger partial charge in [-0.2, -0.15) is 0 Å². The first-order chi connectivity index (χ1) is 5.92. The number of hydrogen-bond donors (Lipinski definition) is 0. The molecule has 1 atom stereocenters. The van der Waals surface area contributed by atoms with Gasteiger partial charge in [0.25, 0.3) is 6.04 Å². The minimum absolute atomic E-state index is 0.00921. The van der Waals surface area contributed by atoms with E-state index in [1.807, 2.05) is 24.3 Å². The summed E-state index contributed by atoms with van der Waals surface area (Å²) in [7, 11) is 0. The fraction of sp³-hybridized carbons (Fsp3) is 0.300. The van der Waals surface area contributed by atoms with Gasteiger partial charge in [-0.1, -0.05) is 12.1 Å². The molecule has 0 bridgehead atoms. The molecular formula is C10H9NO.